The molecule has 0 N–H and O–H groups in total. The molecule has 0 bridgehead atoms. The molecule has 7 heteroatoms. The van der Waals surface area contributed by atoms with Crippen molar-refractivity contribution in [1.82, 2.24) is 0 Å². The molecule has 0 radical (unpaired) electrons. The van der Waals surface area contributed by atoms with Crippen LogP contribution >= 0.6 is 0 Å². The fourth-order valence-corrected chi connectivity index (χ4v) is 4.42. The van der Waals surface area contributed by atoms with Gasteiger partial charge in [-0.15, -0.1) is 4.91 Å². The van der Waals surface area contributed by atoms with E-state index in [2.05, 4.69) is 35.2 Å². The molecular weight excluding hydrogens is 406 g/mol. The van der Waals surface area contributed by atoms with E-state index < -0.39 is 0 Å². The number of nitroso groups, excluding NO2 is 2. The number of nitrogens with zero attached hydrogens (tertiary/aromatic N) is 3. The normalized spacial score (nSPS) is 14.0. The molecule has 3 aromatic carbocycles. The fourth-order valence-electron chi connectivity index (χ4n) is 4.42. The largest absolute Gasteiger partial charge is 0.456 e. The van der Waals surface area contributed by atoms with Crippen molar-refractivity contribution < 1.29 is 9.53 Å². The molecule has 0 saturated heterocycles. The first-order chi connectivity index (χ1) is 15.7. The van der Waals surface area contributed by atoms with Gasteiger partial charge in [0.2, 0.25) is 0 Å². The van der Waals surface area contributed by atoms with Crippen LogP contribution in [0.25, 0.3) is 0 Å². The first-order valence-corrected chi connectivity index (χ1v) is 10.6. The topological polar surface area (TPSA) is 88.4 Å². The maximum atomic E-state index is 11.9. The summed E-state index contributed by atoms with van der Waals surface area (Å²) < 4.78 is 6.23. The Morgan fingerprint density at radius 3 is 2.41 bits per heavy atom. The van der Waals surface area contributed by atoms with Gasteiger partial charge in [-0.1, -0.05) is 41.6 Å². The second-order valence-electron chi connectivity index (χ2n) is 7.54. The number of benzene rings is 3. The van der Waals surface area contributed by atoms with Gasteiger partial charge in [0, 0.05) is 41.9 Å². The van der Waals surface area contributed by atoms with Crippen molar-refractivity contribution in [2.24, 2.45) is 10.4 Å². The van der Waals surface area contributed by atoms with Crippen LogP contribution in [0.4, 0.5) is 11.4 Å². The number of ether oxygens (including phenoxy) is 1. The number of carbonyl (C=O) groups is 1. The van der Waals surface area contributed by atoms with E-state index in [1.807, 2.05) is 36.4 Å². The Bertz CT molecular complexity index is 1190. The molecule has 4 rings (SSSR count). The van der Waals surface area contributed by atoms with Gasteiger partial charge in [0.05, 0.1) is 5.56 Å². The average molecular weight is 429 g/mol. The summed E-state index contributed by atoms with van der Waals surface area (Å²) in [5, 5.41) is 6.09. The Kier molecular flexibility index (Phi) is 6.07. The summed E-state index contributed by atoms with van der Waals surface area (Å²) in [6, 6.07) is 16.9. The lowest BCUT2D eigenvalue weighted by Gasteiger charge is -2.32. The Hall–Kier alpha value is -3.87. The standard InChI is InChI=1S/C25H23N3O4/c1-3-28(4-2)17-9-10-19-23(13-17)32-25-20(11-12-22(27-31)21(25)15-29)24(19)18-8-6-5-7-16(18)14-26-30/h5-13,15,24H,3-4,14H2,1-2H3. The van der Waals surface area contributed by atoms with Crippen molar-refractivity contribution in [3.63, 3.8) is 0 Å². The Morgan fingerprint density at radius 1 is 0.969 bits per heavy atom. The van der Waals surface area contributed by atoms with Crippen LogP contribution in [0, 0.1) is 9.81 Å². The second kappa shape index (κ2) is 9.09. The number of aldehydes is 1. The van der Waals surface area contributed by atoms with Crippen LogP contribution in [0.15, 0.2) is 65.0 Å². The molecule has 1 atom stereocenters. The summed E-state index contributed by atoms with van der Waals surface area (Å²) in [6.45, 7) is 5.86. The smallest absolute Gasteiger partial charge is 0.156 e. The number of hydrogen-bond acceptors (Lipinski definition) is 7. The monoisotopic (exact) mass is 429 g/mol. The zero-order chi connectivity index (χ0) is 22.7. The molecule has 3 aromatic rings. The highest BCUT2D eigenvalue weighted by atomic mass is 16.5. The molecular formula is C25H23N3O4. The summed E-state index contributed by atoms with van der Waals surface area (Å²) >= 11 is 0. The molecule has 0 aromatic heterocycles. The summed E-state index contributed by atoms with van der Waals surface area (Å²) in [4.78, 5) is 36.5. The van der Waals surface area contributed by atoms with Crippen LogP contribution in [0.3, 0.4) is 0 Å². The third-order valence-electron chi connectivity index (χ3n) is 5.98. The van der Waals surface area contributed by atoms with E-state index >= 15 is 0 Å². The molecule has 0 amide bonds. The minimum atomic E-state index is -0.295. The van der Waals surface area contributed by atoms with Crippen LogP contribution in [-0.4, -0.2) is 19.4 Å². The molecule has 1 heterocycles. The molecule has 7 nitrogen and oxygen atoms in total. The Labute approximate surface area is 186 Å². The van der Waals surface area contributed by atoms with Gasteiger partial charge < -0.3 is 9.64 Å². The number of hydrogen-bond donors (Lipinski definition) is 0. The van der Waals surface area contributed by atoms with Crippen molar-refractivity contribution in [1.29, 1.82) is 0 Å². The molecule has 0 saturated carbocycles. The van der Waals surface area contributed by atoms with Gasteiger partial charge in [0.25, 0.3) is 0 Å². The fraction of sp³-hybridized carbons (Fsp3) is 0.240. The summed E-state index contributed by atoms with van der Waals surface area (Å²) in [6.07, 6.45) is 0.602. The average Bonchev–Trinajstić information content (AvgIpc) is 2.83. The molecule has 1 aliphatic heterocycles. The van der Waals surface area contributed by atoms with E-state index in [-0.39, 0.29) is 23.7 Å². The zero-order valence-corrected chi connectivity index (χ0v) is 17.9. The highest BCUT2D eigenvalue weighted by Crippen LogP contribution is 2.51. The van der Waals surface area contributed by atoms with Gasteiger partial charge in [0.1, 0.15) is 23.7 Å². The van der Waals surface area contributed by atoms with Crippen LogP contribution in [-0.2, 0) is 6.54 Å². The first-order valence-electron chi connectivity index (χ1n) is 10.6. The zero-order valence-electron chi connectivity index (χ0n) is 17.9. The molecule has 1 unspecified atom stereocenters. The summed E-state index contributed by atoms with van der Waals surface area (Å²) in [7, 11) is 0. The predicted octanol–water partition coefficient (Wildman–Crippen LogP) is 6.30. The van der Waals surface area contributed by atoms with Gasteiger partial charge >= 0.3 is 0 Å². The molecule has 1 aliphatic rings. The highest BCUT2D eigenvalue weighted by Gasteiger charge is 2.33. The van der Waals surface area contributed by atoms with Crippen LogP contribution < -0.4 is 9.64 Å². The Morgan fingerprint density at radius 2 is 1.72 bits per heavy atom. The molecule has 162 valence electrons. The minimum Gasteiger partial charge on any atom is -0.456 e. The van der Waals surface area contributed by atoms with E-state index in [9.17, 15) is 14.6 Å². The summed E-state index contributed by atoms with van der Waals surface area (Å²) in [5.41, 5.74) is 4.49. The number of fused-ring (bicyclic) bond motifs is 2. The maximum absolute atomic E-state index is 11.9. The highest BCUT2D eigenvalue weighted by molar-refractivity contribution is 5.89. The SMILES string of the molecule is CCN(CC)c1ccc2c(c1)Oc1c(ccc(N=O)c1C=O)C2c1ccccc1CN=O. The lowest BCUT2D eigenvalue weighted by Crippen LogP contribution is -2.22. The lowest BCUT2D eigenvalue weighted by molar-refractivity contribution is 0.112. The van der Waals surface area contributed by atoms with Gasteiger partial charge in [-0.05, 0) is 42.3 Å². The molecule has 0 aliphatic carbocycles. The van der Waals surface area contributed by atoms with Crippen molar-refractivity contribution in [3.8, 4) is 11.5 Å². The van der Waals surface area contributed by atoms with Gasteiger partial charge in [0.15, 0.2) is 6.29 Å². The van der Waals surface area contributed by atoms with Crippen molar-refractivity contribution in [2.75, 3.05) is 18.0 Å². The van der Waals surface area contributed by atoms with Gasteiger partial charge in [-0.3, -0.25) is 4.79 Å². The van der Waals surface area contributed by atoms with E-state index in [1.54, 1.807) is 6.07 Å². The van der Waals surface area contributed by atoms with Crippen LogP contribution in [0.1, 0.15) is 52.4 Å². The predicted molar refractivity (Wildman–Crippen MR) is 124 cm³/mol. The maximum Gasteiger partial charge on any atom is 0.156 e. The first kappa shape index (κ1) is 21.4. The van der Waals surface area contributed by atoms with E-state index in [0.717, 1.165) is 41.0 Å². The van der Waals surface area contributed by atoms with Gasteiger partial charge in [-0.25, -0.2) is 0 Å². The van der Waals surface area contributed by atoms with E-state index in [4.69, 9.17) is 4.74 Å². The quantitative estimate of drug-likeness (QED) is 0.242. The summed E-state index contributed by atoms with van der Waals surface area (Å²) in [5.74, 6) is 0.629. The third-order valence-corrected chi connectivity index (χ3v) is 5.98. The van der Waals surface area contributed by atoms with E-state index in [1.165, 1.54) is 6.07 Å². The number of rotatable bonds is 8. The van der Waals surface area contributed by atoms with Crippen molar-refractivity contribution in [3.05, 3.63) is 92.2 Å². The number of carbonyl (C=O) groups excluding carboxylic acids is 1. The molecule has 32 heavy (non-hydrogen) atoms. The Balaban J connectivity index is 1.99. The van der Waals surface area contributed by atoms with Crippen LogP contribution in [0.5, 0.6) is 11.5 Å². The molecule has 0 fully saturated rings. The lowest BCUT2D eigenvalue weighted by atomic mass is 9.79. The van der Waals surface area contributed by atoms with Gasteiger partial charge in [-0.2, -0.15) is 4.91 Å². The van der Waals surface area contributed by atoms with Crippen molar-refractivity contribution in [2.45, 2.75) is 26.3 Å². The third kappa shape index (κ3) is 3.56. The van der Waals surface area contributed by atoms with Crippen LogP contribution in [0.2, 0.25) is 0 Å². The number of anilines is 1. The van der Waals surface area contributed by atoms with E-state index in [0.29, 0.717) is 17.8 Å². The second-order valence-corrected chi connectivity index (χ2v) is 7.54. The molecule has 0 spiro atoms. The van der Waals surface area contributed by atoms with Crippen molar-refractivity contribution >= 4 is 17.7 Å². The minimum absolute atomic E-state index is 0.0312.